The third kappa shape index (κ3) is 2.16. The molecule has 0 aliphatic carbocycles. The van der Waals surface area contributed by atoms with Gasteiger partial charge in [0.2, 0.25) is 0 Å². The molecule has 2 rings (SSSR count). The molecule has 1 heterocycles. The van der Waals surface area contributed by atoms with Gasteiger partial charge >= 0.3 is 0 Å². The lowest BCUT2D eigenvalue weighted by atomic mass is 10.1. The topological polar surface area (TPSA) is 26.0 Å². The van der Waals surface area contributed by atoms with Crippen LogP contribution >= 0.6 is 31.9 Å². The van der Waals surface area contributed by atoms with Crippen molar-refractivity contribution in [3.8, 4) is 11.3 Å². The number of hydrogen-bond donors (Lipinski definition) is 0. The van der Waals surface area contributed by atoms with Gasteiger partial charge in [-0.15, -0.1) is 0 Å². The van der Waals surface area contributed by atoms with Crippen molar-refractivity contribution < 1.29 is 4.52 Å². The average molecular weight is 331 g/mol. The molecule has 0 unspecified atom stereocenters. The van der Waals surface area contributed by atoms with Crippen molar-refractivity contribution >= 4 is 31.9 Å². The molecular weight excluding hydrogens is 322 g/mol. The minimum Gasteiger partial charge on any atom is -0.361 e. The summed E-state index contributed by atoms with van der Waals surface area (Å²) >= 11 is 6.85. The van der Waals surface area contributed by atoms with E-state index < -0.39 is 0 Å². The molecule has 0 N–H and O–H groups in total. The summed E-state index contributed by atoms with van der Waals surface area (Å²) in [5.41, 5.74) is 3.10. The Hall–Kier alpha value is -0.610. The van der Waals surface area contributed by atoms with Gasteiger partial charge in [-0.25, -0.2) is 0 Å². The lowest BCUT2D eigenvalue weighted by molar-refractivity contribution is 0.398. The van der Waals surface area contributed by atoms with E-state index in [0.29, 0.717) is 0 Å². The Morgan fingerprint density at radius 3 is 2.53 bits per heavy atom. The van der Waals surface area contributed by atoms with Crippen LogP contribution in [0.25, 0.3) is 11.3 Å². The van der Waals surface area contributed by atoms with E-state index >= 15 is 0 Å². The van der Waals surface area contributed by atoms with Crippen molar-refractivity contribution in [3.05, 3.63) is 40.1 Å². The SMILES string of the molecule is Cc1onc(-c2ccc(Br)cc2)c1CBr. The van der Waals surface area contributed by atoms with Crippen molar-refractivity contribution in [2.45, 2.75) is 12.3 Å². The minimum absolute atomic E-state index is 0.758. The molecule has 0 fully saturated rings. The van der Waals surface area contributed by atoms with E-state index in [1.807, 2.05) is 31.2 Å². The van der Waals surface area contributed by atoms with Crippen LogP contribution in [-0.2, 0) is 5.33 Å². The normalized spacial score (nSPS) is 10.6. The molecule has 0 amide bonds. The quantitative estimate of drug-likeness (QED) is 0.767. The maximum atomic E-state index is 5.18. The number of benzene rings is 1. The highest BCUT2D eigenvalue weighted by Gasteiger charge is 2.12. The summed E-state index contributed by atoms with van der Waals surface area (Å²) in [4.78, 5) is 0. The van der Waals surface area contributed by atoms with Crippen LogP contribution in [-0.4, -0.2) is 5.16 Å². The van der Waals surface area contributed by atoms with Gasteiger partial charge in [-0.2, -0.15) is 0 Å². The average Bonchev–Trinajstić information content (AvgIpc) is 2.61. The first kappa shape index (κ1) is 10.9. The van der Waals surface area contributed by atoms with Gasteiger partial charge in [-0.3, -0.25) is 0 Å². The Morgan fingerprint density at radius 1 is 1.27 bits per heavy atom. The van der Waals surface area contributed by atoms with E-state index in [9.17, 15) is 0 Å². The van der Waals surface area contributed by atoms with Crippen LogP contribution in [0.15, 0.2) is 33.3 Å². The first-order chi connectivity index (χ1) is 7.22. The van der Waals surface area contributed by atoms with Crippen LogP contribution in [0.3, 0.4) is 0 Å². The van der Waals surface area contributed by atoms with Crippen LogP contribution in [0.2, 0.25) is 0 Å². The summed E-state index contributed by atoms with van der Waals surface area (Å²) in [6.45, 7) is 1.92. The van der Waals surface area contributed by atoms with E-state index in [1.54, 1.807) is 0 Å². The lowest BCUT2D eigenvalue weighted by Gasteiger charge is -1.98. The number of hydrogen-bond acceptors (Lipinski definition) is 2. The number of aryl methyl sites for hydroxylation is 1. The zero-order valence-corrected chi connectivity index (χ0v) is 11.3. The first-order valence-electron chi connectivity index (χ1n) is 4.49. The summed E-state index contributed by atoms with van der Waals surface area (Å²) in [6.07, 6.45) is 0. The highest BCUT2D eigenvalue weighted by Crippen LogP contribution is 2.27. The summed E-state index contributed by atoms with van der Waals surface area (Å²) in [6, 6.07) is 8.04. The Labute approximate surface area is 105 Å². The second kappa shape index (κ2) is 4.49. The Kier molecular flexibility index (Phi) is 3.26. The van der Waals surface area contributed by atoms with Crippen LogP contribution in [0.4, 0.5) is 0 Å². The van der Waals surface area contributed by atoms with E-state index in [0.717, 1.165) is 32.4 Å². The van der Waals surface area contributed by atoms with Gasteiger partial charge < -0.3 is 4.52 Å². The van der Waals surface area contributed by atoms with E-state index in [-0.39, 0.29) is 0 Å². The Bertz CT molecular complexity index is 462. The fourth-order valence-corrected chi connectivity index (χ4v) is 2.31. The van der Waals surface area contributed by atoms with Gasteiger partial charge in [0, 0.05) is 20.9 Å². The highest BCUT2D eigenvalue weighted by atomic mass is 79.9. The van der Waals surface area contributed by atoms with E-state index in [4.69, 9.17) is 4.52 Å². The van der Waals surface area contributed by atoms with Crippen LogP contribution in [0.1, 0.15) is 11.3 Å². The van der Waals surface area contributed by atoms with Gasteiger partial charge in [0.1, 0.15) is 11.5 Å². The van der Waals surface area contributed by atoms with Crippen molar-refractivity contribution in [3.63, 3.8) is 0 Å². The molecular formula is C11H9Br2NO. The molecule has 0 radical (unpaired) electrons. The van der Waals surface area contributed by atoms with E-state index in [1.165, 1.54) is 0 Å². The van der Waals surface area contributed by atoms with Gasteiger partial charge in [0.05, 0.1) is 0 Å². The molecule has 2 aromatic rings. The van der Waals surface area contributed by atoms with Gasteiger partial charge in [0.25, 0.3) is 0 Å². The molecule has 2 nitrogen and oxygen atoms in total. The summed E-state index contributed by atoms with van der Waals surface area (Å²) in [5.74, 6) is 0.866. The van der Waals surface area contributed by atoms with Crippen molar-refractivity contribution in [2.75, 3.05) is 0 Å². The van der Waals surface area contributed by atoms with Gasteiger partial charge in [0.15, 0.2) is 0 Å². The molecule has 0 aliphatic rings. The predicted molar refractivity (Wildman–Crippen MR) is 67.0 cm³/mol. The molecule has 1 aromatic carbocycles. The molecule has 0 saturated carbocycles. The number of rotatable bonds is 2. The van der Waals surface area contributed by atoms with Gasteiger partial charge in [-0.05, 0) is 19.1 Å². The number of halogens is 2. The third-order valence-corrected chi connectivity index (χ3v) is 3.33. The number of aromatic nitrogens is 1. The largest absolute Gasteiger partial charge is 0.361 e. The molecule has 0 spiro atoms. The molecule has 1 aromatic heterocycles. The number of nitrogens with zero attached hydrogens (tertiary/aromatic N) is 1. The summed E-state index contributed by atoms with van der Waals surface area (Å²) in [5, 5.41) is 4.82. The standard InChI is InChI=1S/C11H9Br2NO/c1-7-10(6-12)11(14-15-7)8-2-4-9(13)5-3-8/h2-5H,6H2,1H3. The molecule has 78 valence electrons. The molecule has 0 bridgehead atoms. The monoisotopic (exact) mass is 329 g/mol. The smallest absolute Gasteiger partial charge is 0.138 e. The summed E-state index contributed by atoms with van der Waals surface area (Å²) < 4.78 is 6.24. The van der Waals surface area contributed by atoms with Crippen LogP contribution in [0.5, 0.6) is 0 Å². The second-order valence-electron chi connectivity index (χ2n) is 3.21. The zero-order chi connectivity index (χ0) is 10.8. The van der Waals surface area contributed by atoms with Crippen LogP contribution in [0, 0.1) is 6.92 Å². The number of alkyl halides is 1. The minimum atomic E-state index is 0.758. The maximum absolute atomic E-state index is 5.18. The highest BCUT2D eigenvalue weighted by molar-refractivity contribution is 9.10. The molecule has 0 saturated heterocycles. The fourth-order valence-electron chi connectivity index (χ4n) is 1.38. The van der Waals surface area contributed by atoms with Crippen molar-refractivity contribution in [1.29, 1.82) is 0 Å². The molecule has 4 heteroatoms. The Morgan fingerprint density at radius 2 is 1.93 bits per heavy atom. The predicted octanol–water partition coefficient (Wildman–Crippen LogP) is 4.31. The van der Waals surface area contributed by atoms with Gasteiger partial charge in [-0.1, -0.05) is 49.1 Å². The summed E-state index contributed by atoms with van der Waals surface area (Å²) in [7, 11) is 0. The molecule has 15 heavy (non-hydrogen) atoms. The molecule has 0 aliphatic heterocycles. The van der Waals surface area contributed by atoms with Crippen molar-refractivity contribution in [1.82, 2.24) is 5.16 Å². The second-order valence-corrected chi connectivity index (χ2v) is 4.68. The maximum Gasteiger partial charge on any atom is 0.138 e. The molecule has 0 atom stereocenters. The lowest BCUT2D eigenvalue weighted by Crippen LogP contribution is -1.84. The van der Waals surface area contributed by atoms with E-state index in [2.05, 4.69) is 37.0 Å². The first-order valence-corrected chi connectivity index (χ1v) is 6.41. The Balaban J connectivity index is 2.49. The van der Waals surface area contributed by atoms with Crippen LogP contribution < -0.4 is 0 Å². The van der Waals surface area contributed by atoms with Crippen molar-refractivity contribution in [2.24, 2.45) is 0 Å². The zero-order valence-electron chi connectivity index (χ0n) is 8.13. The fraction of sp³-hybridized carbons (Fsp3) is 0.182. The third-order valence-electron chi connectivity index (χ3n) is 2.24.